The average Bonchev–Trinajstić information content (AvgIpc) is 3.13. The summed E-state index contributed by atoms with van der Waals surface area (Å²) in [5, 5.41) is 0. The van der Waals surface area contributed by atoms with Gasteiger partial charge in [-0.15, -0.1) is 0 Å². The highest BCUT2D eigenvalue weighted by molar-refractivity contribution is 5.77. The SMILES string of the molecule is COC(=O)C1CC2CC1=C1C3CCC(C(C)C)(C3)C12. The van der Waals surface area contributed by atoms with E-state index in [1.54, 1.807) is 5.57 Å². The van der Waals surface area contributed by atoms with Crippen LogP contribution >= 0.6 is 0 Å². The highest BCUT2D eigenvalue weighted by Gasteiger charge is 2.64. The molecule has 4 bridgehead atoms. The second-order valence-corrected chi connectivity index (χ2v) is 7.56. The van der Waals surface area contributed by atoms with E-state index in [0.29, 0.717) is 5.41 Å². The Hall–Kier alpha value is -0.790. The molecule has 2 heteroatoms. The molecule has 4 aliphatic rings. The molecule has 4 rings (SSSR count). The maximum absolute atomic E-state index is 12.0. The molecule has 104 valence electrons. The Morgan fingerprint density at radius 1 is 1.42 bits per heavy atom. The van der Waals surface area contributed by atoms with Crippen molar-refractivity contribution in [2.45, 2.75) is 46.0 Å². The Balaban J connectivity index is 1.77. The molecule has 3 saturated carbocycles. The van der Waals surface area contributed by atoms with Crippen molar-refractivity contribution in [2.75, 3.05) is 7.11 Å². The van der Waals surface area contributed by atoms with Gasteiger partial charge in [-0.05, 0) is 61.2 Å². The summed E-state index contributed by atoms with van der Waals surface area (Å²) < 4.78 is 5.01. The fraction of sp³-hybridized carbons (Fsp3) is 0.824. The van der Waals surface area contributed by atoms with Gasteiger partial charge in [-0.1, -0.05) is 25.0 Å². The minimum Gasteiger partial charge on any atom is -0.469 e. The fourth-order valence-corrected chi connectivity index (χ4v) is 6.19. The van der Waals surface area contributed by atoms with E-state index >= 15 is 0 Å². The molecule has 0 aromatic heterocycles. The Kier molecular flexibility index (Phi) is 2.30. The van der Waals surface area contributed by atoms with Crippen molar-refractivity contribution < 1.29 is 9.53 Å². The Bertz CT molecular complexity index is 476. The minimum absolute atomic E-state index is 0.0184. The van der Waals surface area contributed by atoms with Gasteiger partial charge in [0.15, 0.2) is 0 Å². The molecule has 0 amide bonds. The van der Waals surface area contributed by atoms with Crippen LogP contribution in [0.3, 0.4) is 0 Å². The molecule has 0 aliphatic heterocycles. The van der Waals surface area contributed by atoms with Gasteiger partial charge in [0.2, 0.25) is 0 Å². The molecule has 0 aromatic carbocycles. The highest BCUT2D eigenvalue weighted by Crippen LogP contribution is 2.72. The lowest BCUT2D eigenvalue weighted by Crippen LogP contribution is -2.36. The number of allylic oxidation sites excluding steroid dienone is 1. The first-order valence-corrected chi connectivity index (χ1v) is 7.89. The molecule has 0 saturated heterocycles. The van der Waals surface area contributed by atoms with Crippen molar-refractivity contribution in [3.63, 3.8) is 0 Å². The Morgan fingerprint density at radius 2 is 2.21 bits per heavy atom. The molecule has 0 heterocycles. The lowest BCUT2D eigenvalue weighted by atomic mass is 9.62. The van der Waals surface area contributed by atoms with Crippen molar-refractivity contribution in [3.8, 4) is 0 Å². The van der Waals surface area contributed by atoms with Gasteiger partial charge in [0.1, 0.15) is 0 Å². The zero-order valence-electron chi connectivity index (χ0n) is 12.2. The Morgan fingerprint density at radius 3 is 2.89 bits per heavy atom. The zero-order chi connectivity index (χ0) is 13.4. The molecular weight excluding hydrogens is 236 g/mol. The van der Waals surface area contributed by atoms with Crippen LogP contribution in [0.15, 0.2) is 11.1 Å². The number of hydrogen-bond donors (Lipinski definition) is 0. The summed E-state index contributed by atoms with van der Waals surface area (Å²) in [5.41, 5.74) is 3.81. The van der Waals surface area contributed by atoms with Gasteiger partial charge in [-0.25, -0.2) is 0 Å². The summed E-state index contributed by atoms with van der Waals surface area (Å²) in [7, 11) is 1.54. The van der Waals surface area contributed by atoms with Crippen LogP contribution in [-0.4, -0.2) is 13.1 Å². The maximum atomic E-state index is 12.0. The minimum atomic E-state index is 0.0184. The van der Waals surface area contributed by atoms with Crippen molar-refractivity contribution in [2.24, 2.45) is 35.0 Å². The predicted octanol–water partition coefficient (Wildman–Crippen LogP) is 3.57. The molecular formula is C17H24O2. The number of hydrogen-bond acceptors (Lipinski definition) is 2. The van der Waals surface area contributed by atoms with Crippen molar-refractivity contribution in [3.05, 3.63) is 11.1 Å². The van der Waals surface area contributed by atoms with E-state index in [0.717, 1.165) is 30.1 Å². The molecule has 0 N–H and O–H groups in total. The van der Waals surface area contributed by atoms with Crippen LogP contribution in [0.2, 0.25) is 0 Å². The second kappa shape index (κ2) is 3.65. The molecule has 5 atom stereocenters. The average molecular weight is 260 g/mol. The quantitative estimate of drug-likeness (QED) is 0.560. The molecule has 0 aromatic rings. The van der Waals surface area contributed by atoms with E-state index < -0.39 is 0 Å². The van der Waals surface area contributed by atoms with Crippen LogP contribution in [0.25, 0.3) is 0 Å². The lowest BCUT2D eigenvalue weighted by Gasteiger charge is -2.42. The Labute approximate surface area is 115 Å². The zero-order valence-corrected chi connectivity index (χ0v) is 12.2. The van der Waals surface area contributed by atoms with Crippen molar-refractivity contribution >= 4 is 5.97 Å². The summed E-state index contributed by atoms with van der Waals surface area (Å²) in [5.74, 6) is 3.30. The molecule has 19 heavy (non-hydrogen) atoms. The van der Waals surface area contributed by atoms with E-state index in [1.165, 1.54) is 38.4 Å². The number of ether oxygens (including phenoxy) is 1. The number of fused-ring (bicyclic) bond motifs is 8. The summed E-state index contributed by atoms with van der Waals surface area (Å²) >= 11 is 0. The monoisotopic (exact) mass is 260 g/mol. The standard InChI is InChI=1S/C17H24O2/c1-9(2)17-5-4-10(8-17)14-12-6-11(15(14)17)7-13(12)16(18)19-3/h9-11,13,15H,4-8H2,1-3H3. The first-order chi connectivity index (χ1) is 9.08. The molecule has 0 radical (unpaired) electrons. The number of methoxy groups -OCH3 is 1. The molecule has 0 spiro atoms. The molecule has 5 unspecified atom stereocenters. The van der Waals surface area contributed by atoms with Crippen LogP contribution in [-0.2, 0) is 9.53 Å². The third-order valence-corrected chi connectivity index (χ3v) is 6.90. The normalized spacial score (nSPS) is 46.3. The topological polar surface area (TPSA) is 26.3 Å². The second-order valence-electron chi connectivity index (χ2n) is 7.56. The van der Waals surface area contributed by atoms with Crippen LogP contribution in [0.4, 0.5) is 0 Å². The number of esters is 1. The molecule has 2 nitrogen and oxygen atoms in total. The van der Waals surface area contributed by atoms with E-state index in [-0.39, 0.29) is 11.9 Å². The van der Waals surface area contributed by atoms with Crippen molar-refractivity contribution in [1.29, 1.82) is 0 Å². The van der Waals surface area contributed by atoms with E-state index in [4.69, 9.17) is 4.74 Å². The van der Waals surface area contributed by atoms with E-state index in [2.05, 4.69) is 13.8 Å². The maximum Gasteiger partial charge on any atom is 0.312 e. The number of carbonyl (C=O) groups is 1. The number of rotatable bonds is 2. The summed E-state index contributed by atoms with van der Waals surface area (Å²) in [4.78, 5) is 12.0. The van der Waals surface area contributed by atoms with Gasteiger partial charge in [-0.3, -0.25) is 4.79 Å². The van der Waals surface area contributed by atoms with Gasteiger partial charge >= 0.3 is 5.97 Å². The third-order valence-electron chi connectivity index (χ3n) is 6.90. The van der Waals surface area contributed by atoms with Crippen LogP contribution in [0, 0.1) is 35.0 Å². The smallest absolute Gasteiger partial charge is 0.312 e. The van der Waals surface area contributed by atoms with Gasteiger partial charge in [-0.2, -0.15) is 0 Å². The van der Waals surface area contributed by atoms with Gasteiger partial charge in [0, 0.05) is 0 Å². The molecule has 4 aliphatic carbocycles. The summed E-state index contributed by atoms with van der Waals surface area (Å²) in [6, 6.07) is 0. The largest absolute Gasteiger partial charge is 0.469 e. The van der Waals surface area contributed by atoms with Crippen LogP contribution < -0.4 is 0 Å². The van der Waals surface area contributed by atoms with E-state index in [1.807, 2.05) is 0 Å². The van der Waals surface area contributed by atoms with E-state index in [9.17, 15) is 4.79 Å². The summed E-state index contributed by atoms with van der Waals surface area (Å²) in [6.45, 7) is 4.83. The van der Waals surface area contributed by atoms with Gasteiger partial charge < -0.3 is 4.74 Å². The van der Waals surface area contributed by atoms with Gasteiger partial charge in [0.05, 0.1) is 13.0 Å². The first kappa shape index (κ1) is 12.0. The van der Waals surface area contributed by atoms with Crippen LogP contribution in [0.1, 0.15) is 46.0 Å². The third kappa shape index (κ3) is 1.26. The first-order valence-electron chi connectivity index (χ1n) is 7.89. The van der Waals surface area contributed by atoms with Gasteiger partial charge in [0.25, 0.3) is 0 Å². The summed E-state index contributed by atoms with van der Waals surface area (Å²) in [6.07, 6.45) is 6.46. The molecule has 3 fully saturated rings. The predicted molar refractivity (Wildman–Crippen MR) is 73.4 cm³/mol. The van der Waals surface area contributed by atoms with Crippen molar-refractivity contribution in [1.82, 2.24) is 0 Å². The number of carbonyl (C=O) groups excluding carboxylic acids is 1. The van der Waals surface area contributed by atoms with Crippen LogP contribution in [0.5, 0.6) is 0 Å². The fourth-order valence-electron chi connectivity index (χ4n) is 6.19. The lowest BCUT2D eigenvalue weighted by molar-refractivity contribution is -0.144. The highest BCUT2D eigenvalue weighted by atomic mass is 16.5.